The van der Waals surface area contributed by atoms with Gasteiger partial charge in [0.2, 0.25) is 0 Å². The molecule has 94 valence electrons. The summed E-state index contributed by atoms with van der Waals surface area (Å²) in [6.07, 6.45) is 3.27. The Labute approximate surface area is 101 Å². The summed E-state index contributed by atoms with van der Waals surface area (Å²) in [4.78, 5) is 15.7. The van der Waals surface area contributed by atoms with Gasteiger partial charge in [-0.05, 0) is 18.6 Å². The Hall–Kier alpha value is -1.27. The van der Waals surface area contributed by atoms with E-state index in [-0.39, 0.29) is 24.5 Å². The predicted octanol–water partition coefficient (Wildman–Crippen LogP) is 0.548. The summed E-state index contributed by atoms with van der Waals surface area (Å²) in [5.41, 5.74) is 6.61. The van der Waals surface area contributed by atoms with Crippen LogP contribution in [0.5, 0.6) is 0 Å². The van der Waals surface area contributed by atoms with Crippen molar-refractivity contribution in [2.75, 3.05) is 12.0 Å². The number of hydrogen-bond acceptors (Lipinski definition) is 5. The summed E-state index contributed by atoms with van der Waals surface area (Å²) in [7, 11) is -3.00. The third-order valence-electron chi connectivity index (χ3n) is 2.27. The molecule has 0 saturated carbocycles. The molecule has 0 radical (unpaired) electrons. The predicted molar refractivity (Wildman–Crippen MR) is 65.4 cm³/mol. The van der Waals surface area contributed by atoms with Gasteiger partial charge in [-0.2, -0.15) is 0 Å². The molecule has 5 nitrogen and oxygen atoms in total. The molecule has 0 unspecified atom stereocenters. The molecule has 1 heterocycles. The SMILES string of the molecule is CS(=O)(=O)CCCC(=O)c1ccnc(CN)c1. The maximum atomic E-state index is 11.7. The number of aromatic nitrogens is 1. The van der Waals surface area contributed by atoms with Crippen LogP contribution in [0, 0.1) is 0 Å². The van der Waals surface area contributed by atoms with Crippen LogP contribution >= 0.6 is 0 Å². The molecule has 2 N–H and O–H groups in total. The molecule has 0 aromatic carbocycles. The number of carbonyl (C=O) groups is 1. The zero-order chi connectivity index (χ0) is 12.9. The fourth-order valence-electron chi connectivity index (χ4n) is 1.40. The lowest BCUT2D eigenvalue weighted by Crippen LogP contribution is -2.08. The largest absolute Gasteiger partial charge is 0.325 e. The Morgan fingerprint density at radius 3 is 2.76 bits per heavy atom. The molecule has 0 amide bonds. The molecule has 0 aliphatic rings. The molecule has 17 heavy (non-hydrogen) atoms. The summed E-state index contributed by atoms with van der Waals surface area (Å²) >= 11 is 0. The van der Waals surface area contributed by atoms with Crippen LogP contribution in [0.15, 0.2) is 18.3 Å². The number of hydrogen-bond donors (Lipinski definition) is 1. The van der Waals surface area contributed by atoms with Crippen LogP contribution in [0.3, 0.4) is 0 Å². The van der Waals surface area contributed by atoms with Crippen LogP contribution in [0.4, 0.5) is 0 Å². The molecule has 0 aliphatic heterocycles. The quantitative estimate of drug-likeness (QED) is 0.750. The van der Waals surface area contributed by atoms with Crippen LogP contribution in [-0.4, -0.2) is 31.2 Å². The van der Waals surface area contributed by atoms with Crippen LogP contribution < -0.4 is 5.73 Å². The molecule has 1 aromatic rings. The van der Waals surface area contributed by atoms with Crippen molar-refractivity contribution in [3.63, 3.8) is 0 Å². The molecular weight excluding hydrogens is 240 g/mol. The lowest BCUT2D eigenvalue weighted by Gasteiger charge is -2.02. The molecule has 0 atom stereocenters. The van der Waals surface area contributed by atoms with Gasteiger partial charge in [0.25, 0.3) is 0 Å². The number of pyridine rings is 1. The van der Waals surface area contributed by atoms with Gasteiger partial charge in [0.15, 0.2) is 5.78 Å². The van der Waals surface area contributed by atoms with Gasteiger partial charge >= 0.3 is 0 Å². The van der Waals surface area contributed by atoms with E-state index in [1.807, 2.05) is 0 Å². The van der Waals surface area contributed by atoms with E-state index in [9.17, 15) is 13.2 Å². The summed E-state index contributed by atoms with van der Waals surface area (Å²) < 4.78 is 21.8. The van der Waals surface area contributed by atoms with E-state index in [1.165, 1.54) is 6.20 Å². The normalized spacial score (nSPS) is 11.4. The summed E-state index contributed by atoms with van der Waals surface area (Å²) in [6.45, 7) is 0.282. The summed E-state index contributed by atoms with van der Waals surface area (Å²) in [5.74, 6) is -0.0427. The van der Waals surface area contributed by atoms with Gasteiger partial charge in [0.05, 0.1) is 11.4 Å². The highest BCUT2D eigenvalue weighted by atomic mass is 32.2. The van der Waals surface area contributed by atoms with Gasteiger partial charge < -0.3 is 5.73 Å². The van der Waals surface area contributed by atoms with E-state index < -0.39 is 9.84 Å². The van der Waals surface area contributed by atoms with Gasteiger partial charge in [0.1, 0.15) is 9.84 Å². The van der Waals surface area contributed by atoms with E-state index in [4.69, 9.17) is 5.73 Å². The molecule has 6 heteroatoms. The zero-order valence-electron chi connectivity index (χ0n) is 9.72. The highest BCUT2D eigenvalue weighted by molar-refractivity contribution is 7.90. The van der Waals surface area contributed by atoms with E-state index >= 15 is 0 Å². The van der Waals surface area contributed by atoms with Crippen molar-refractivity contribution in [3.8, 4) is 0 Å². The monoisotopic (exact) mass is 256 g/mol. The Bertz CT molecular complexity index is 497. The second kappa shape index (κ2) is 5.88. The van der Waals surface area contributed by atoms with Gasteiger partial charge in [-0.15, -0.1) is 0 Å². The van der Waals surface area contributed by atoms with Gasteiger partial charge in [0, 0.05) is 31.0 Å². The maximum absolute atomic E-state index is 11.7. The van der Waals surface area contributed by atoms with E-state index in [0.29, 0.717) is 17.7 Å². The first-order chi connectivity index (χ1) is 7.92. The topological polar surface area (TPSA) is 90.1 Å². The lowest BCUT2D eigenvalue weighted by molar-refractivity contribution is 0.0982. The van der Waals surface area contributed by atoms with Crippen molar-refractivity contribution in [1.82, 2.24) is 4.98 Å². The summed E-state index contributed by atoms with van der Waals surface area (Å²) in [5, 5.41) is 0. The van der Waals surface area contributed by atoms with Crippen molar-refractivity contribution in [2.45, 2.75) is 19.4 Å². The third kappa shape index (κ3) is 5.06. The first-order valence-corrected chi connectivity index (χ1v) is 7.34. The molecule has 1 aromatic heterocycles. The standard InChI is InChI=1S/C11H16N2O3S/c1-17(15,16)6-2-3-11(14)9-4-5-13-10(7-9)8-12/h4-5,7H,2-3,6,8,12H2,1H3. The van der Waals surface area contributed by atoms with Crippen LogP contribution in [0.2, 0.25) is 0 Å². The van der Waals surface area contributed by atoms with Crippen molar-refractivity contribution in [2.24, 2.45) is 5.73 Å². The van der Waals surface area contributed by atoms with Gasteiger partial charge in [-0.1, -0.05) is 0 Å². The molecule has 0 bridgehead atoms. The van der Waals surface area contributed by atoms with Crippen LogP contribution in [0.1, 0.15) is 28.9 Å². The van der Waals surface area contributed by atoms with Crippen molar-refractivity contribution in [1.29, 1.82) is 0 Å². The number of Topliss-reactive ketones (excluding diaryl/α,β-unsaturated/α-hetero) is 1. The molecular formula is C11H16N2O3S. The number of sulfone groups is 1. The minimum Gasteiger partial charge on any atom is -0.325 e. The first-order valence-electron chi connectivity index (χ1n) is 5.28. The maximum Gasteiger partial charge on any atom is 0.163 e. The summed E-state index contributed by atoms with van der Waals surface area (Å²) in [6, 6.07) is 3.25. The molecule has 0 aliphatic carbocycles. The fourth-order valence-corrected chi connectivity index (χ4v) is 2.07. The fraction of sp³-hybridized carbons (Fsp3) is 0.455. The first kappa shape index (κ1) is 13.8. The molecule has 0 fully saturated rings. The number of ketones is 1. The Kier molecular flexibility index (Phi) is 4.77. The van der Waals surface area contributed by atoms with Crippen molar-refractivity contribution in [3.05, 3.63) is 29.6 Å². The average Bonchev–Trinajstić information content (AvgIpc) is 2.27. The minimum absolute atomic E-state index is 0.0353. The van der Waals surface area contributed by atoms with Crippen LogP contribution in [0.25, 0.3) is 0 Å². The van der Waals surface area contributed by atoms with E-state index in [2.05, 4.69) is 4.98 Å². The third-order valence-corrected chi connectivity index (χ3v) is 3.30. The Balaban J connectivity index is 2.58. The number of rotatable bonds is 6. The number of carbonyl (C=O) groups excluding carboxylic acids is 1. The van der Waals surface area contributed by atoms with E-state index in [1.54, 1.807) is 12.1 Å². The number of nitrogens with two attached hydrogens (primary N) is 1. The number of nitrogens with zero attached hydrogens (tertiary/aromatic N) is 1. The average molecular weight is 256 g/mol. The second-order valence-corrected chi connectivity index (χ2v) is 6.16. The van der Waals surface area contributed by atoms with Crippen LogP contribution in [-0.2, 0) is 16.4 Å². The van der Waals surface area contributed by atoms with Crippen molar-refractivity contribution < 1.29 is 13.2 Å². The molecule has 0 saturated heterocycles. The molecule has 1 rings (SSSR count). The Morgan fingerprint density at radius 1 is 1.47 bits per heavy atom. The van der Waals surface area contributed by atoms with Crippen molar-refractivity contribution >= 4 is 15.6 Å². The van der Waals surface area contributed by atoms with E-state index in [0.717, 1.165) is 6.26 Å². The lowest BCUT2D eigenvalue weighted by atomic mass is 10.1. The highest BCUT2D eigenvalue weighted by Crippen LogP contribution is 2.07. The highest BCUT2D eigenvalue weighted by Gasteiger charge is 2.09. The minimum atomic E-state index is -3.00. The Morgan fingerprint density at radius 2 is 2.18 bits per heavy atom. The van der Waals surface area contributed by atoms with Gasteiger partial charge in [-0.25, -0.2) is 8.42 Å². The zero-order valence-corrected chi connectivity index (χ0v) is 10.5. The smallest absolute Gasteiger partial charge is 0.163 e. The second-order valence-electron chi connectivity index (χ2n) is 3.90. The molecule has 0 spiro atoms. The van der Waals surface area contributed by atoms with Gasteiger partial charge in [-0.3, -0.25) is 9.78 Å².